The second-order valence-corrected chi connectivity index (χ2v) is 28.3. The summed E-state index contributed by atoms with van der Waals surface area (Å²) in [6.07, 6.45) is -1.00. The fourth-order valence-corrected chi connectivity index (χ4v) is 9.75. The van der Waals surface area contributed by atoms with E-state index in [0.717, 1.165) is 28.2 Å². The lowest BCUT2D eigenvalue weighted by atomic mass is 9.80. The third-order valence-electron chi connectivity index (χ3n) is 12.4. The molecule has 5 aromatic rings. The van der Waals surface area contributed by atoms with E-state index in [4.69, 9.17) is 39.4 Å². The summed E-state index contributed by atoms with van der Waals surface area (Å²) in [5.74, 6) is 1.34. The van der Waals surface area contributed by atoms with E-state index in [1.165, 1.54) is 6.92 Å². The van der Waals surface area contributed by atoms with Crippen molar-refractivity contribution in [3.63, 3.8) is 0 Å². The molecule has 15 heteroatoms. The van der Waals surface area contributed by atoms with E-state index in [1.807, 2.05) is 71.3 Å². The van der Waals surface area contributed by atoms with Crippen LogP contribution in [0.25, 0.3) is 11.2 Å². The number of carbonyl (C=O) groups excluding carboxylic acids is 1. The van der Waals surface area contributed by atoms with Gasteiger partial charge in [0.1, 0.15) is 35.4 Å². The summed E-state index contributed by atoms with van der Waals surface area (Å²) in [6.45, 7) is 23.7. The molecule has 0 bridgehead atoms. The van der Waals surface area contributed by atoms with E-state index in [9.17, 15) is 4.79 Å². The second-order valence-electron chi connectivity index (χ2n) is 18.4. The quantitative estimate of drug-likeness (QED) is 0.0654. The first-order valence-corrected chi connectivity index (χ1v) is 26.5. The number of nitrogens with one attached hydrogen (secondary N) is 1. The van der Waals surface area contributed by atoms with Gasteiger partial charge < -0.3 is 33.1 Å². The molecule has 60 heavy (non-hydrogen) atoms. The van der Waals surface area contributed by atoms with E-state index in [2.05, 4.69) is 100 Å². The Morgan fingerprint density at radius 2 is 1.27 bits per heavy atom. The molecule has 1 aliphatic rings. The monoisotopic (exact) mass is 873 g/mol. The zero-order valence-corrected chi connectivity index (χ0v) is 39.9. The van der Waals surface area contributed by atoms with Crippen molar-refractivity contribution in [1.29, 1.82) is 0 Å². The number of anilines is 1. The van der Waals surface area contributed by atoms with Crippen molar-refractivity contribution in [1.82, 2.24) is 19.5 Å². The maximum Gasteiger partial charge on any atom is 0.226 e. The summed E-state index contributed by atoms with van der Waals surface area (Å²) in [5, 5.41) is 2.41. The number of fused-ring (bicyclic) bond motifs is 1. The van der Waals surface area contributed by atoms with Crippen LogP contribution in [-0.4, -0.2) is 81.2 Å². The lowest BCUT2D eigenvalue weighted by molar-refractivity contribution is -0.114. The number of hydrogen-bond acceptors (Lipinski definition) is 10. The first-order chi connectivity index (χ1) is 28.1. The van der Waals surface area contributed by atoms with Crippen LogP contribution in [0, 0.1) is 0 Å². The number of methoxy groups -OCH3 is 2. The summed E-state index contributed by atoms with van der Waals surface area (Å²) >= 11 is 6.52. The molecule has 322 valence electrons. The van der Waals surface area contributed by atoms with Gasteiger partial charge in [-0.25, -0.2) is 4.98 Å². The predicted octanol–water partition coefficient (Wildman–Crippen LogP) is 10.1. The smallest absolute Gasteiger partial charge is 0.226 e. The van der Waals surface area contributed by atoms with E-state index in [1.54, 1.807) is 20.5 Å². The standard InChI is InChI=1S/C45H60ClN5O7Si2/c1-29(52)48-39-36-40(50-42(46)49-39)51(28-47-36)41-38(58-60(12,13)44(5,6)7)37(57-59(10,11)43(2,3)4)35(56-41)27-55-45(30-17-15-14-16-18-30,31-19-23-33(53-8)24-20-31)32-21-25-34(54-9)26-22-32/h14-26,28,35,37-38,41H,27H2,1-13H3,(H,48,49,50,52)/t35-,37-,38-,41-/m1/s1. The highest BCUT2D eigenvalue weighted by molar-refractivity contribution is 6.74. The Bertz CT molecular complexity index is 2210. The van der Waals surface area contributed by atoms with E-state index in [0.29, 0.717) is 11.2 Å². The van der Waals surface area contributed by atoms with Crippen molar-refractivity contribution >= 4 is 51.1 Å². The molecule has 2 aromatic heterocycles. The normalized spacial score (nSPS) is 19.1. The van der Waals surface area contributed by atoms with Gasteiger partial charge in [-0.05, 0) is 88.8 Å². The van der Waals surface area contributed by atoms with Crippen molar-refractivity contribution < 1.29 is 32.6 Å². The lowest BCUT2D eigenvalue weighted by Gasteiger charge is -2.44. The molecule has 0 spiro atoms. The van der Waals surface area contributed by atoms with Gasteiger partial charge in [-0.1, -0.05) is 96.1 Å². The summed E-state index contributed by atoms with van der Waals surface area (Å²) in [4.78, 5) is 25.8. The van der Waals surface area contributed by atoms with Crippen molar-refractivity contribution in [2.24, 2.45) is 0 Å². The number of aromatic nitrogens is 4. The van der Waals surface area contributed by atoms with Crippen LogP contribution in [-0.2, 0) is 28.7 Å². The molecule has 1 amide bonds. The number of amides is 1. The minimum atomic E-state index is -2.52. The largest absolute Gasteiger partial charge is 0.497 e. The van der Waals surface area contributed by atoms with Crippen LogP contribution in [0.4, 0.5) is 5.82 Å². The Labute approximate surface area is 361 Å². The zero-order valence-electron chi connectivity index (χ0n) is 37.1. The number of nitrogens with zero attached hydrogens (tertiary/aromatic N) is 4. The number of hydrogen-bond donors (Lipinski definition) is 1. The van der Waals surface area contributed by atoms with Gasteiger partial charge in [-0.15, -0.1) is 0 Å². The Morgan fingerprint density at radius 3 is 1.75 bits per heavy atom. The van der Waals surface area contributed by atoms with E-state index < -0.39 is 46.8 Å². The highest BCUT2D eigenvalue weighted by atomic mass is 35.5. The lowest BCUT2D eigenvalue weighted by Crippen LogP contribution is -2.54. The van der Waals surface area contributed by atoms with Crippen LogP contribution in [0.3, 0.4) is 0 Å². The molecule has 3 heterocycles. The average Bonchev–Trinajstić information content (AvgIpc) is 3.75. The average molecular weight is 875 g/mol. The Hall–Kier alpha value is -4.16. The number of imidazole rings is 1. The molecular weight excluding hydrogens is 814 g/mol. The van der Waals surface area contributed by atoms with Gasteiger partial charge in [-0.2, -0.15) is 9.97 Å². The minimum Gasteiger partial charge on any atom is -0.497 e. The van der Waals surface area contributed by atoms with Crippen molar-refractivity contribution in [3.8, 4) is 11.5 Å². The fraction of sp³-hybridized carbons (Fsp3) is 0.467. The molecule has 1 saturated heterocycles. The molecule has 4 atom stereocenters. The topological polar surface area (TPSA) is 128 Å². The van der Waals surface area contributed by atoms with Crippen LogP contribution in [0.2, 0.25) is 41.5 Å². The van der Waals surface area contributed by atoms with Crippen molar-refractivity contribution in [2.75, 3.05) is 26.1 Å². The van der Waals surface area contributed by atoms with Gasteiger partial charge in [0.25, 0.3) is 0 Å². The Kier molecular flexibility index (Phi) is 13.1. The van der Waals surface area contributed by atoms with Gasteiger partial charge >= 0.3 is 0 Å². The molecule has 0 saturated carbocycles. The molecule has 12 nitrogen and oxygen atoms in total. The highest BCUT2D eigenvalue weighted by Gasteiger charge is 2.55. The van der Waals surface area contributed by atoms with Gasteiger partial charge in [0.2, 0.25) is 11.2 Å². The maximum absolute atomic E-state index is 12.2. The molecule has 0 aliphatic carbocycles. The van der Waals surface area contributed by atoms with Crippen LogP contribution in [0.15, 0.2) is 85.2 Å². The van der Waals surface area contributed by atoms with E-state index in [-0.39, 0.29) is 33.7 Å². The summed E-state index contributed by atoms with van der Waals surface area (Å²) < 4.78 is 42.7. The van der Waals surface area contributed by atoms with E-state index >= 15 is 0 Å². The SMILES string of the molecule is COc1ccc(C(OC[C@H]2O[C@@H](n3cnc4c(NC(C)=O)nc(Cl)nc43)[C@H](O[Si](C)(C)C(C)(C)C)[C@@H]2O[Si](C)(C)C(C)(C)C)(c2ccccc2)c2ccc(OC)cc2)cc1. The minimum absolute atomic E-state index is 0.0477. The van der Waals surface area contributed by atoms with Crippen LogP contribution < -0.4 is 14.8 Å². The van der Waals surface area contributed by atoms with Gasteiger partial charge in [-0.3, -0.25) is 9.36 Å². The number of benzene rings is 3. The van der Waals surface area contributed by atoms with Crippen LogP contribution in [0.1, 0.15) is 71.4 Å². The molecule has 6 rings (SSSR count). The molecule has 3 aromatic carbocycles. The number of rotatable bonds is 14. The molecular formula is C45H60ClN5O7Si2. The third-order valence-corrected chi connectivity index (χ3v) is 21.5. The van der Waals surface area contributed by atoms with Gasteiger partial charge in [0.15, 0.2) is 39.8 Å². The van der Waals surface area contributed by atoms with Crippen LogP contribution in [0.5, 0.6) is 11.5 Å². The number of halogens is 1. The summed E-state index contributed by atoms with van der Waals surface area (Å²) in [7, 11) is -1.73. The summed E-state index contributed by atoms with van der Waals surface area (Å²) in [6, 6.07) is 26.1. The Balaban J connectivity index is 1.55. The molecule has 1 N–H and O–H groups in total. The highest BCUT2D eigenvalue weighted by Crippen LogP contribution is 2.48. The van der Waals surface area contributed by atoms with Crippen LogP contribution >= 0.6 is 11.6 Å². The Morgan fingerprint density at radius 1 is 0.767 bits per heavy atom. The molecule has 0 radical (unpaired) electrons. The summed E-state index contributed by atoms with van der Waals surface area (Å²) in [5.41, 5.74) is 2.34. The van der Waals surface area contributed by atoms with Gasteiger partial charge in [0.05, 0.1) is 27.2 Å². The predicted molar refractivity (Wildman–Crippen MR) is 241 cm³/mol. The fourth-order valence-electron chi connectivity index (χ4n) is 6.98. The second kappa shape index (κ2) is 17.3. The zero-order chi connectivity index (χ0) is 43.8. The molecule has 1 aliphatic heterocycles. The first-order valence-electron chi connectivity index (χ1n) is 20.3. The van der Waals surface area contributed by atoms with Crippen molar-refractivity contribution in [2.45, 2.75) is 115 Å². The maximum atomic E-state index is 12.2. The number of ether oxygens (including phenoxy) is 4. The third kappa shape index (κ3) is 9.06. The number of carbonyl (C=O) groups is 1. The van der Waals surface area contributed by atoms with Gasteiger partial charge in [0, 0.05) is 6.92 Å². The molecule has 1 fully saturated rings. The first kappa shape index (κ1) is 45.4. The van der Waals surface area contributed by atoms with Crippen molar-refractivity contribution in [3.05, 3.63) is 107 Å². The molecule has 0 unspecified atom stereocenters.